The van der Waals surface area contributed by atoms with Gasteiger partial charge in [0.05, 0.1) is 6.54 Å². The van der Waals surface area contributed by atoms with Gasteiger partial charge in [-0.15, -0.1) is 11.3 Å². The number of anilines is 1. The minimum atomic E-state index is -0.0219. The van der Waals surface area contributed by atoms with Gasteiger partial charge in [-0.3, -0.25) is 9.69 Å². The maximum atomic E-state index is 12.2. The summed E-state index contributed by atoms with van der Waals surface area (Å²) in [5, 5.41) is 5.66. The molecule has 1 aromatic heterocycles. The molecular weight excluding hydrogens is 304 g/mol. The van der Waals surface area contributed by atoms with E-state index < -0.39 is 0 Å². The Balaban J connectivity index is 1.95. The van der Waals surface area contributed by atoms with E-state index in [-0.39, 0.29) is 11.9 Å². The summed E-state index contributed by atoms with van der Waals surface area (Å²) in [5.74, 6) is -0.0219. The maximum Gasteiger partial charge on any atom is 0.238 e. The van der Waals surface area contributed by atoms with Gasteiger partial charge in [0.25, 0.3) is 0 Å². The normalized spacial score (nSPS) is 12.4. The van der Waals surface area contributed by atoms with Crippen LogP contribution in [0.4, 0.5) is 5.69 Å². The van der Waals surface area contributed by atoms with Crippen molar-refractivity contribution in [1.82, 2.24) is 4.90 Å². The molecule has 2 aromatic rings. The fraction of sp³-hybridized carbons (Fsp3) is 0.312. The smallest absolute Gasteiger partial charge is 0.238 e. The first-order chi connectivity index (χ1) is 9.97. The minimum absolute atomic E-state index is 0.0219. The van der Waals surface area contributed by atoms with Crippen LogP contribution in [0.5, 0.6) is 0 Å². The van der Waals surface area contributed by atoms with Crippen LogP contribution in [0.1, 0.15) is 23.4 Å². The number of hydrogen-bond acceptors (Lipinski definition) is 3. The third kappa shape index (κ3) is 4.30. The van der Waals surface area contributed by atoms with Crippen LogP contribution >= 0.6 is 22.9 Å². The summed E-state index contributed by atoms with van der Waals surface area (Å²) in [6.45, 7) is 4.38. The fourth-order valence-electron chi connectivity index (χ4n) is 2.07. The Morgan fingerprint density at radius 1 is 1.43 bits per heavy atom. The zero-order valence-corrected chi connectivity index (χ0v) is 14.0. The number of halogens is 1. The molecule has 0 saturated heterocycles. The molecule has 2 rings (SSSR count). The zero-order chi connectivity index (χ0) is 15.4. The van der Waals surface area contributed by atoms with Gasteiger partial charge >= 0.3 is 0 Å². The summed E-state index contributed by atoms with van der Waals surface area (Å²) >= 11 is 7.62. The Labute approximate surface area is 134 Å². The molecule has 0 aliphatic rings. The average molecular weight is 323 g/mol. The molecular formula is C16H19ClN2OS. The second-order valence-corrected chi connectivity index (χ2v) is 6.53. The molecule has 1 aromatic carbocycles. The summed E-state index contributed by atoms with van der Waals surface area (Å²) in [4.78, 5) is 15.4. The number of hydrogen-bond donors (Lipinski definition) is 1. The number of benzene rings is 1. The summed E-state index contributed by atoms with van der Waals surface area (Å²) in [6.07, 6.45) is 0. The quantitative estimate of drug-likeness (QED) is 0.888. The van der Waals surface area contributed by atoms with Crippen LogP contribution in [-0.4, -0.2) is 24.4 Å². The van der Waals surface area contributed by atoms with E-state index in [0.29, 0.717) is 11.6 Å². The van der Waals surface area contributed by atoms with Gasteiger partial charge < -0.3 is 5.32 Å². The van der Waals surface area contributed by atoms with Crippen molar-refractivity contribution in [2.75, 3.05) is 18.9 Å². The highest BCUT2D eigenvalue weighted by Gasteiger charge is 2.16. The Bertz CT molecular complexity index is 613. The molecule has 21 heavy (non-hydrogen) atoms. The highest BCUT2D eigenvalue weighted by atomic mass is 35.5. The van der Waals surface area contributed by atoms with E-state index in [1.807, 2.05) is 37.1 Å². The molecule has 1 amide bonds. The van der Waals surface area contributed by atoms with Crippen LogP contribution in [0.25, 0.3) is 0 Å². The predicted octanol–water partition coefficient (Wildman–Crippen LogP) is 4.34. The lowest BCUT2D eigenvalue weighted by atomic mass is 10.2. The summed E-state index contributed by atoms with van der Waals surface area (Å²) < 4.78 is 0. The van der Waals surface area contributed by atoms with E-state index in [2.05, 4.69) is 23.7 Å². The molecule has 0 aliphatic carbocycles. The first-order valence-corrected chi connectivity index (χ1v) is 8.03. The van der Waals surface area contributed by atoms with E-state index in [9.17, 15) is 4.79 Å². The molecule has 0 saturated carbocycles. The van der Waals surface area contributed by atoms with E-state index in [1.165, 1.54) is 4.88 Å². The number of carbonyl (C=O) groups excluding carboxylic acids is 1. The molecule has 112 valence electrons. The predicted molar refractivity (Wildman–Crippen MR) is 90.2 cm³/mol. The number of likely N-dealkylation sites (N-methyl/N-ethyl adjacent to an activating group) is 1. The van der Waals surface area contributed by atoms with Crippen LogP contribution in [-0.2, 0) is 4.79 Å². The van der Waals surface area contributed by atoms with E-state index >= 15 is 0 Å². The largest absolute Gasteiger partial charge is 0.325 e. The molecule has 0 radical (unpaired) electrons. The Hall–Kier alpha value is -1.36. The third-order valence-electron chi connectivity index (χ3n) is 3.47. The van der Waals surface area contributed by atoms with Crippen molar-refractivity contribution in [3.05, 3.63) is 51.2 Å². The number of carbonyl (C=O) groups is 1. The first-order valence-electron chi connectivity index (χ1n) is 6.77. The number of rotatable bonds is 5. The van der Waals surface area contributed by atoms with Crippen molar-refractivity contribution in [3.63, 3.8) is 0 Å². The molecule has 0 spiro atoms. The number of nitrogens with zero attached hydrogens (tertiary/aromatic N) is 1. The molecule has 1 atom stereocenters. The van der Waals surface area contributed by atoms with Gasteiger partial charge in [0.15, 0.2) is 0 Å². The van der Waals surface area contributed by atoms with Gasteiger partial charge in [-0.1, -0.05) is 17.7 Å². The first kappa shape index (κ1) is 16.0. The van der Waals surface area contributed by atoms with Crippen molar-refractivity contribution < 1.29 is 4.79 Å². The zero-order valence-electron chi connectivity index (χ0n) is 12.4. The average Bonchev–Trinajstić information content (AvgIpc) is 2.95. The molecule has 1 heterocycles. The van der Waals surface area contributed by atoms with E-state index in [1.54, 1.807) is 17.4 Å². The number of amides is 1. The van der Waals surface area contributed by atoms with Gasteiger partial charge in [0.1, 0.15) is 0 Å². The van der Waals surface area contributed by atoms with Crippen LogP contribution in [0, 0.1) is 6.92 Å². The van der Waals surface area contributed by atoms with Crippen LogP contribution in [0.3, 0.4) is 0 Å². The molecule has 0 fully saturated rings. The van der Waals surface area contributed by atoms with Gasteiger partial charge in [-0.2, -0.15) is 0 Å². The number of thiophene rings is 1. The molecule has 0 aliphatic heterocycles. The van der Waals surface area contributed by atoms with Gasteiger partial charge in [-0.05, 0) is 56.1 Å². The Kier molecular flexibility index (Phi) is 5.39. The minimum Gasteiger partial charge on any atom is -0.325 e. The summed E-state index contributed by atoms with van der Waals surface area (Å²) in [7, 11) is 1.96. The number of nitrogens with one attached hydrogen (secondary N) is 1. The van der Waals surface area contributed by atoms with Gasteiger partial charge in [0.2, 0.25) is 5.91 Å². The highest BCUT2D eigenvalue weighted by molar-refractivity contribution is 7.10. The SMILES string of the molecule is Cc1cc(Cl)ccc1NC(=O)CN(C)C(C)c1cccs1. The topological polar surface area (TPSA) is 32.3 Å². The van der Waals surface area contributed by atoms with Gasteiger partial charge in [-0.25, -0.2) is 0 Å². The maximum absolute atomic E-state index is 12.2. The van der Waals surface area contributed by atoms with Crippen molar-refractivity contribution in [2.45, 2.75) is 19.9 Å². The lowest BCUT2D eigenvalue weighted by Gasteiger charge is -2.23. The van der Waals surface area contributed by atoms with Crippen molar-refractivity contribution >= 4 is 34.5 Å². The van der Waals surface area contributed by atoms with Crippen molar-refractivity contribution in [2.24, 2.45) is 0 Å². The standard InChI is InChI=1S/C16H19ClN2OS/c1-11-9-13(17)6-7-14(11)18-16(20)10-19(3)12(2)15-5-4-8-21-15/h4-9,12H,10H2,1-3H3,(H,18,20). The van der Waals surface area contributed by atoms with Crippen LogP contribution < -0.4 is 5.32 Å². The second kappa shape index (κ2) is 7.07. The molecule has 5 heteroatoms. The molecule has 0 bridgehead atoms. The highest BCUT2D eigenvalue weighted by Crippen LogP contribution is 2.23. The molecule has 3 nitrogen and oxygen atoms in total. The van der Waals surface area contributed by atoms with Gasteiger partial charge in [0, 0.05) is 21.6 Å². The molecule has 1 unspecified atom stereocenters. The third-order valence-corrected chi connectivity index (χ3v) is 4.75. The number of aryl methyl sites for hydroxylation is 1. The molecule has 1 N–H and O–H groups in total. The lowest BCUT2D eigenvalue weighted by molar-refractivity contribution is -0.117. The fourth-order valence-corrected chi connectivity index (χ4v) is 3.14. The monoisotopic (exact) mass is 322 g/mol. The lowest BCUT2D eigenvalue weighted by Crippen LogP contribution is -2.32. The van der Waals surface area contributed by atoms with Crippen LogP contribution in [0.15, 0.2) is 35.7 Å². The Morgan fingerprint density at radius 3 is 2.81 bits per heavy atom. The Morgan fingerprint density at radius 2 is 2.19 bits per heavy atom. The van der Waals surface area contributed by atoms with E-state index in [4.69, 9.17) is 11.6 Å². The van der Waals surface area contributed by atoms with E-state index in [0.717, 1.165) is 11.3 Å². The van der Waals surface area contributed by atoms with Crippen molar-refractivity contribution in [1.29, 1.82) is 0 Å². The van der Waals surface area contributed by atoms with Crippen molar-refractivity contribution in [3.8, 4) is 0 Å². The second-order valence-electron chi connectivity index (χ2n) is 5.11. The summed E-state index contributed by atoms with van der Waals surface area (Å²) in [6, 6.07) is 9.80. The van der Waals surface area contributed by atoms with Crippen LogP contribution in [0.2, 0.25) is 5.02 Å². The summed E-state index contributed by atoms with van der Waals surface area (Å²) in [5.41, 5.74) is 1.77.